The van der Waals surface area contributed by atoms with Crippen molar-refractivity contribution in [3.05, 3.63) is 23.1 Å². The molecule has 0 spiro atoms. The van der Waals surface area contributed by atoms with E-state index in [2.05, 4.69) is 20.4 Å². The Hall–Kier alpha value is -2.35. The molecule has 0 saturated carbocycles. The third-order valence-corrected chi connectivity index (χ3v) is 3.96. The molecular weight excluding hydrogens is 322 g/mol. The molecule has 0 bridgehead atoms. The number of methoxy groups -OCH3 is 1. The Bertz CT molecular complexity index is 733. The zero-order valence-electron chi connectivity index (χ0n) is 13.3. The summed E-state index contributed by atoms with van der Waals surface area (Å²) in [4.78, 5) is 19.7. The van der Waals surface area contributed by atoms with E-state index in [1.165, 1.54) is 18.0 Å². The summed E-state index contributed by atoms with van der Waals surface area (Å²) in [5, 5.41) is 17.0. The average Bonchev–Trinajstić information content (AvgIpc) is 2.89. The van der Waals surface area contributed by atoms with E-state index in [4.69, 9.17) is 16.3 Å². The van der Waals surface area contributed by atoms with Crippen LogP contribution in [0.2, 0.25) is 5.02 Å². The molecule has 1 unspecified atom stereocenters. The number of hydrogen-bond acceptors (Lipinski definition) is 6. The second kappa shape index (κ2) is 6.41. The second-order valence-corrected chi connectivity index (χ2v) is 5.59. The Morgan fingerprint density at radius 2 is 2.26 bits per heavy atom. The molecule has 0 saturated heterocycles. The SMILES string of the molecule is CCC(C)(C(=O)O)n1cc(Nc2ncc(Cl)c(OC)n2)c(C)n1. The zero-order valence-corrected chi connectivity index (χ0v) is 14.0. The van der Waals surface area contributed by atoms with Gasteiger partial charge in [0.2, 0.25) is 11.8 Å². The van der Waals surface area contributed by atoms with Crippen LogP contribution in [0, 0.1) is 6.92 Å². The standard InChI is InChI=1S/C14H18ClN5O3/c1-5-14(3,12(21)22)20-7-10(8(2)19-20)17-13-16-6-9(15)11(18-13)23-4/h6-7H,5H2,1-4H3,(H,21,22)(H,16,17,18). The summed E-state index contributed by atoms with van der Waals surface area (Å²) in [6.45, 7) is 5.18. The molecule has 9 heteroatoms. The van der Waals surface area contributed by atoms with Gasteiger partial charge in [0.05, 0.1) is 30.9 Å². The van der Waals surface area contributed by atoms with Crippen LogP contribution >= 0.6 is 11.6 Å². The number of hydrogen-bond donors (Lipinski definition) is 2. The van der Waals surface area contributed by atoms with Crippen molar-refractivity contribution in [2.75, 3.05) is 12.4 Å². The van der Waals surface area contributed by atoms with Gasteiger partial charge in [-0.05, 0) is 20.3 Å². The maximum Gasteiger partial charge on any atom is 0.331 e. The fourth-order valence-electron chi connectivity index (χ4n) is 1.92. The lowest BCUT2D eigenvalue weighted by molar-refractivity contribution is -0.147. The number of halogens is 1. The first-order chi connectivity index (χ1) is 10.8. The van der Waals surface area contributed by atoms with Gasteiger partial charge in [-0.2, -0.15) is 10.1 Å². The second-order valence-electron chi connectivity index (χ2n) is 5.18. The Balaban J connectivity index is 2.34. The predicted molar refractivity (Wildman–Crippen MR) is 85.4 cm³/mol. The van der Waals surface area contributed by atoms with Gasteiger partial charge in [-0.1, -0.05) is 18.5 Å². The minimum Gasteiger partial charge on any atom is -0.480 e. The van der Waals surface area contributed by atoms with Crippen molar-refractivity contribution >= 4 is 29.2 Å². The molecule has 0 aliphatic heterocycles. The van der Waals surface area contributed by atoms with Gasteiger partial charge < -0.3 is 15.2 Å². The highest BCUT2D eigenvalue weighted by Gasteiger charge is 2.34. The van der Waals surface area contributed by atoms with Crippen LogP contribution in [-0.2, 0) is 10.3 Å². The van der Waals surface area contributed by atoms with Crippen LogP contribution in [0.25, 0.3) is 0 Å². The van der Waals surface area contributed by atoms with Gasteiger partial charge in [0.25, 0.3) is 0 Å². The van der Waals surface area contributed by atoms with Gasteiger partial charge in [0.1, 0.15) is 5.02 Å². The van der Waals surface area contributed by atoms with Crippen LogP contribution in [0.1, 0.15) is 26.0 Å². The fraction of sp³-hybridized carbons (Fsp3) is 0.429. The van der Waals surface area contributed by atoms with Gasteiger partial charge in [-0.3, -0.25) is 4.68 Å². The van der Waals surface area contributed by atoms with Crippen LogP contribution < -0.4 is 10.1 Å². The first-order valence-electron chi connectivity index (χ1n) is 6.95. The Morgan fingerprint density at radius 1 is 1.57 bits per heavy atom. The summed E-state index contributed by atoms with van der Waals surface area (Å²) >= 11 is 5.89. The molecule has 0 radical (unpaired) electrons. The molecule has 8 nitrogen and oxygen atoms in total. The van der Waals surface area contributed by atoms with Crippen molar-refractivity contribution in [2.45, 2.75) is 32.7 Å². The fourth-order valence-corrected chi connectivity index (χ4v) is 2.09. The summed E-state index contributed by atoms with van der Waals surface area (Å²) < 4.78 is 6.47. The van der Waals surface area contributed by atoms with Crippen LogP contribution in [0.3, 0.4) is 0 Å². The molecule has 0 fully saturated rings. The molecule has 0 aromatic carbocycles. The number of aryl methyl sites for hydroxylation is 1. The molecule has 2 heterocycles. The van der Waals surface area contributed by atoms with Crippen molar-refractivity contribution in [2.24, 2.45) is 0 Å². The van der Waals surface area contributed by atoms with E-state index in [1.54, 1.807) is 27.0 Å². The molecule has 124 valence electrons. The number of carboxylic acid groups (broad SMARTS) is 1. The minimum atomic E-state index is -1.12. The van der Waals surface area contributed by atoms with E-state index < -0.39 is 11.5 Å². The molecule has 23 heavy (non-hydrogen) atoms. The van der Waals surface area contributed by atoms with E-state index >= 15 is 0 Å². The Morgan fingerprint density at radius 3 is 2.83 bits per heavy atom. The van der Waals surface area contributed by atoms with Crippen LogP contribution in [0.5, 0.6) is 5.88 Å². The monoisotopic (exact) mass is 339 g/mol. The van der Waals surface area contributed by atoms with Crippen LogP contribution in [-0.4, -0.2) is 37.9 Å². The Kier molecular flexibility index (Phi) is 4.74. The van der Waals surface area contributed by atoms with Crippen molar-refractivity contribution < 1.29 is 14.6 Å². The van der Waals surface area contributed by atoms with Crippen LogP contribution in [0.4, 0.5) is 11.6 Å². The van der Waals surface area contributed by atoms with E-state index in [9.17, 15) is 9.90 Å². The van der Waals surface area contributed by atoms with Gasteiger partial charge in [0.15, 0.2) is 5.54 Å². The smallest absolute Gasteiger partial charge is 0.331 e. The number of aromatic nitrogens is 4. The number of carbonyl (C=O) groups is 1. The molecule has 0 aliphatic rings. The summed E-state index contributed by atoms with van der Waals surface area (Å²) in [7, 11) is 1.46. The molecule has 2 N–H and O–H groups in total. The Labute approximate surface area is 138 Å². The summed E-state index contributed by atoms with van der Waals surface area (Å²) in [5.74, 6) is -0.418. The quantitative estimate of drug-likeness (QED) is 0.833. The summed E-state index contributed by atoms with van der Waals surface area (Å²) in [5.41, 5.74) is 0.113. The van der Waals surface area contributed by atoms with E-state index in [1.807, 2.05) is 0 Å². The number of nitrogens with zero attached hydrogens (tertiary/aromatic N) is 4. The third-order valence-electron chi connectivity index (χ3n) is 3.71. The molecule has 0 aliphatic carbocycles. The number of nitrogens with one attached hydrogen (secondary N) is 1. The van der Waals surface area contributed by atoms with Crippen molar-refractivity contribution in [1.29, 1.82) is 0 Å². The van der Waals surface area contributed by atoms with E-state index in [0.717, 1.165) is 0 Å². The van der Waals surface area contributed by atoms with Gasteiger partial charge in [-0.25, -0.2) is 9.78 Å². The highest BCUT2D eigenvalue weighted by Crippen LogP contribution is 2.27. The summed E-state index contributed by atoms with van der Waals surface area (Å²) in [6, 6.07) is 0. The number of carboxylic acids is 1. The number of rotatable bonds is 6. The number of anilines is 2. The molecule has 1 atom stereocenters. The maximum atomic E-state index is 11.5. The lowest BCUT2D eigenvalue weighted by atomic mass is 10.00. The molecule has 2 rings (SSSR count). The van der Waals surface area contributed by atoms with E-state index in [0.29, 0.717) is 22.8 Å². The highest BCUT2D eigenvalue weighted by molar-refractivity contribution is 6.31. The van der Waals surface area contributed by atoms with Crippen molar-refractivity contribution in [3.63, 3.8) is 0 Å². The predicted octanol–water partition coefficient (Wildman–Crippen LogP) is 2.60. The largest absolute Gasteiger partial charge is 0.480 e. The molecular formula is C14H18ClN5O3. The first-order valence-corrected chi connectivity index (χ1v) is 7.33. The van der Waals surface area contributed by atoms with Gasteiger partial charge in [0, 0.05) is 0 Å². The van der Waals surface area contributed by atoms with Crippen molar-refractivity contribution in [3.8, 4) is 5.88 Å². The minimum absolute atomic E-state index is 0.248. The number of aliphatic carboxylic acids is 1. The third kappa shape index (κ3) is 3.21. The number of ether oxygens (including phenoxy) is 1. The molecule has 0 amide bonds. The first kappa shape index (κ1) is 17.0. The van der Waals surface area contributed by atoms with E-state index in [-0.39, 0.29) is 11.8 Å². The van der Waals surface area contributed by atoms with Gasteiger partial charge >= 0.3 is 5.97 Å². The highest BCUT2D eigenvalue weighted by atomic mass is 35.5. The lowest BCUT2D eigenvalue weighted by Crippen LogP contribution is -2.38. The topological polar surface area (TPSA) is 102 Å². The van der Waals surface area contributed by atoms with Crippen molar-refractivity contribution in [1.82, 2.24) is 19.7 Å². The zero-order chi connectivity index (χ0) is 17.2. The maximum absolute atomic E-state index is 11.5. The lowest BCUT2D eigenvalue weighted by Gasteiger charge is -2.23. The molecule has 2 aromatic rings. The summed E-state index contributed by atoms with van der Waals surface area (Å²) in [6.07, 6.45) is 3.44. The van der Waals surface area contributed by atoms with Crippen LogP contribution in [0.15, 0.2) is 12.4 Å². The van der Waals surface area contributed by atoms with Gasteiger partial charge in [-0.15, -0.1) is 0 Å². The molecule has 2 aromatic heterocycles. The average molecular weight is 340 g/mol. The normalized spacial score (nSPS) is 13.4.